The predicted octanol–water partition coefficient (Wildman–Crippen LogP) is 2.43. The van der Waals surface area contributed by atoms with Gasteiger partial charge in [0, 0.05) is 31.1 Å². The van der Waals surface area contributed by atoms with E-state index in [-0.39, 0.29) is 0 Å². The van der Waals surface area contributed by atoms with Gasteiger partial charge in [-0.2, -0.15) is 0 Å². The Balaban J connectivity index is 1.78. The van der Waals surface area contributed by atoms with Gasteiger partial charge in [0.25, 0.3) is 0 Å². The van der Waals surface area contributed by atoms with Crippen molar-refractivity contribution in [3.05, 3.63) is 24.5 Å². The molecule has 0 radical (unpaired) electrons. The molecule has 0 spiro atoms. The van der Waals surface area contributed by atoms with Crippen molar-refractivity contribution in [3.8, 4) is 5.88 Å². The number of piperidine rings is 1. The van der Waals surface area contributed by atoms with Crippen molar-refractivity contribution in [1.29, 1.82) is 0 Å². The van der Waals surface area contributed by atoms with Crippen LogP contribution in [0, 0.1) is 0 Å². The highest BCUT2D eigenvalue weighted by Crippen LogP contribution is 2.29. The Morgan fingerprint density at radius 3 is 3.00 bits per heavy atom. The van der Waals surface area contributed by atoms with Gasteiger partial charge in [-0.3, -0.25) is 0 Å². The molecule has 1 aliphatic heterocycles. The van der Waals surface area contributed by atoms with Crippen LogP contribution < -0.4 is 9.64 Å². The Hall–Kier alpha value is -2.18. The number of hydrogen-bond donors (Lipinski definition) is 0. The molecular formula is C16H24N6O. The van der Waals surface area contributed by atoms with E-state index in [1.54, 1.807) is 6.33 Å². The molecular weight excluding hydrogens is 292 g/mol. The van der Waals surface area contributed by atoms with E-state index in [2.05, 4.69) is 43.5 Å². The second kappa shape index (κ2) is 6.93. The lowest BCUT2D eigenvalue weighted by Crippen LogP contribution is -2.36. The number of aromatic nitrogens is 5. The average molecular weight is 316 g/mol. The van der Waals surface area contributed by atoms with Crippen molar-refractivity contribution < 1.29 is 4.74 Å². The molecule has 23 heavy (non-hydrogen) atoms. The number of anilines is 1. The summed E-state index contributed by atoms with van der Waals surface area (Å²) in [4.78, 5) is 10.8. The predicted molar refractivity (Wildman–Crippen MR) is 87.8 cm³/mol. The minimum atomic E-state index is 0.374. The molecule has 7 nitrogen and oxygen atoms in total. The van der Waals surface area contributed by atoms with E-state index in [4.69, 9.17) is 4.74 Å². The average Bonchev–Trinajstić information content (AvgIpc) is 3.06. The summed E-state index contributed by atoms with van der Waals surface area (Å²) < 4.78 is 7.65. The quantitative estimate of drug-likeness (QED) is 0.844. The van der Waals surface area contributed by atoms with Crippen LogP contribution in [-0.4, -0.2) is 44.4 Å². The minimum absolute atomic E-state index is 0.374. The lowest BCUT2D eigenvalue weighted by atomic mass is 9.97. The van der Waals surface area contributed by atoms with Gasteiger partial charge in [0.05, 0.1) is 6.61 Å². The molecule has 3 heterocycles. The number of hydrogen-bond acceptors (Lipinski definition) is 6. The standard InChI is InChI=1S/C16H24N6O/c1-4-23-15-8-14(17-10-18-15)21-7-5-6-13(9-21)16-20-19-11-22(16)12(2)3/h8,10-13H,4-7,9H2,1-3H3. The number of rotatable bonds is 5. The lowest BCUT2D eigenvalue weighted by Gasteiger charge is -2.33. The van der Waals surface area contributed by atoms with Gasteiger partial charge in [-0.15, -0.1) is 10.2 Å². The zero-order valence-electron chi connectivity index (χ0n) is 14.0. The van der Waals surface area contributed by atoms with E-state index in [1.807, 2.05) is 19.3 Å². The van der Waals surface area contributed by atoms with Gasteiger partial charge in [0.2, 0.25) is 5.88 Å². The van der Waals surface area contributed by atoms with E-state index >= 15 is 0 Å². The molecule has 124 valence electrons. The maximum absolute atomic E-state index is 5.48. The highest BCUT2D eigenvalue weighted by atomic mass is 16.5. The van der Waals surface area contributed by atoms with Crippen LogP contribution in [0.3, 0.4) is 0 Å². The van der Waals surface area contributed by atoms with Crippen molar-refractivity contribution in [1.82, 2.24) is 24.7 Å². The van der Waals surface area contributed by atoms with E-state index in [0.29, 0.717) is 24.4 Å². The fraction of sp³-hybridized carbons (Fsp3) is 0.625. The van der Waals surface area contributed by atoms with Gasteiger partial charge < -0.3 is 14.2 Å². The molecule has 1 atom stereocenters. The van der Waals surface area contributed by atoms with E-state index in [0.717, 1.165) is 37.6 Å². The second-order valence-corrected chi connectivity index (χ2v) is 6.12. The second-order valence-electron chi connectivity index (χ2n) is 6.12. The highest BCUT2D eigenvalue weighted by Gasteiger charge is 2.26. The first kappa shape index (κ1) is 15.7. The van der Waals surface area contributed by atoms with E-state index < -0.39 is 0 Å². The summed E-state index contributed by atoms with van der Waals surface area (Å²) in [5, 5.41) is 8.47. The van der Waals surface area contributed by atoms with Gasteiger partial charge in [0.1, 0.15) is 24.3 Å². The van der Waals surface area contributed by atoms with Gasteiger partial charge in [-0.05, 0) is 33.6 Å². The van der Waals surface area contributed by atoms with Gasteiger partial charge in [-0.1, -0.05) is 0 Å². The van der Waals surface area contributed by atoms with Crippen LogP contribution in [0.2, 0.25) is 0 Å². The molecule has 1 aliphatic rings. The van der Waals surface area contributed by atoms with Gasteiger partial charge in [-0.25, -0.2) is 9.97 Å². The third kappa shape index (κ3) is 3.43. The summed E-state index contributed by atoms with van der Waals surface area (Å²) in [5.74, 6) is 3.00. The molecule has 1 saturated heterocycles. The fourth-order valence-corrected chi connectivity index (χ4v) is 3.07. The van der Waals surface area contributed by atoms with Crippen molar-refractivity contribution >= 4 is 5.82 Å². The van der Waals surface area contributed by atoms with Crippen molar-refractivity contribution in [2.45, 2.75) is 45.6 Å². The summed E-state index contributed by atoms with van der Waals surface area (Å²) in [6, 6.07) is 2.29. The van der Waals surface area contributed by atoms with Gasteiger partial charge in [0.15, 0.2) is 0 Å². The minimum Gasteiger partial charge on any atom is -0.478 e. The summed E-state index contributed by atoms with van der Waals surface area (Å²) in [7, 11) is 0. The summed E-state index contributed by atoms with van der Waals surface area (Å²) in [6.45, 7) is 8.77. The lowest BCUT2D eigenvalue weighted by molar-refractivity contribution is 0.326. The topological polar surface area (TPSA) is 69.0 Å². The van der Waals surface area contributed by atoms with Crippen LogP contribution >= 0.6 is 0 Å². The number of nitrogens with zero attached hydrogens (tertiary/aromatic N) is 6. The zero-order valence-corrected chi connectivity index (χ0v) is 14.0. The largest absolute Gasteiger partial charge is 0.478 e. The maximum Gasteiger partial charge on any atom is 0.218 e. The molecule has 0 aliphatic carbocycles. The van der Waals surface area contributed by atoms with Crippen LogP contribution in [0.4, 0.5) is 5.82 Å². The molecule has 0 bridgehead atoms. The first-order valence-corrected chi connectivity index (χ1v) is 8.28. The smallest absolute Gasteiger partial charge is 0.218 e. The molecule has 3 rings (SSSR count). The number of ether oxygens (including phenoxy) is 1. The first-order chi connectivity index (χ1) is 11.2. The third-order valence-corrected chi connectivity index (χ3v) is 4.19. The SMILES string of the molecule is CCOc1cc(N2CCCC(c3nncn3C(C)C)C2)ncn1. The normalized spacial score (nSPS) is 18.4. The molecule has 0 saturated carbocycles. The Kier molecular flexibility index (Phi) is 4.73. The fourth-order valence-electron chi connectivity index (χ4n) is 3.07. The highest BCUT2D eigenvalue weighted by molar-refractivity contribution is 5.41. The maximum atomic E-state index is 5.48. The van der Waals surface area contributed by atoms with Crippen LogP contribution in [0.5, 0.6) is 5.88 Å². The molecule has 0 aromatic carbocycles. The summed E-state index contributed by atoms with van der Waals surface area (Å²) >= 11 is 0. The van der Waals surface area contributed by atoms with E-state index in [1.165, 1.54) is 0 Å². The summed E-state index contributed by atoms with van der Waals surface area (Å²) in [5.41, 5.74) is 0. The van der Waals surface area contributed by atoms with Crippen LogP contribution in [0.1, 0.15) is 51.4 Å². The summed E-state index contributed by atoms with van der Waals surface area (Å²) in [6.07, 6.45) is 5.65. The van der Waals surface area contributed by atoms with Crippen LogP contribution in [-0.2, 0) is 0 Å². The Labute approximate surface area is 136 Å². The van der Waals surface area contributed by atoms with E-state index in [9.17, 15) is 0 Å². The Morgan fingerprint density at radius 2 is 2.22 bits per heavy atom. The molecule has 7 heteroatoms. The van der Waals surface area contributed by atoms with Crippen molar-refractivity contribution in [2.24, 2.45) is 0 Å². The van der Waals surface area contributed by atoms with Crippen LogP contribution in [0.15, 0.2) is 18.7 Å². The Morgan fingerprint density at radius 1 is 1.35 bits per heavy atom. The zero-order chi connectivity index (χ0) is 16.2. The third-order valence-electron chi connectivity index (χ3n) is 4.19. The monoisotopic (exact) mass is 316 g/mol. The molecule has 1 unspecified atom stereocenters. The molecule has 0 amide bonds. The first-order valence-electron chi connectivity index (χ1n) is 8.28. The molecule has 0 N–H and O–H groups in total. The molecule has 2 aromatic rings. The molecule has 1 fully saturated rings. The van der Waals surface area contributed by atoms with Gasteiger partial charge >= 0.3 is 0 Å². The van der Waals surface area contributed by atoms with Crippen molar-refractivity contribution in [3.63, 3.8) is 0 Å². The van der Waals surface area contributed by atoms with Crippen LogP contribution in [0.25, 0.3) is 0 Å². The Bertz CT molecular complexity index is 641. The van der Waals surface area contributed by atoms with Crippen molar-refractivity contribution in [2.75, 3.05) is 24.6 Å². The molecule has 2 aromatic heterocycles.